The summed E-state index contributed by atoms with van der Waals surface area (Å²) < 4.78 is 5.89. The van der Waals surface area contributed by atoms with Gasteiger partial charge >= 0.3 is 0 Å². The molecule has 0 radical (unpaired) electrons. The molecule has 0 amide bonds. The molecule has 0 aliphatic rings. The van der Waals surface area contributed by atoms with Crippen LogP contribution in [0.1, 0.15) is 38.8 Å². The summed E-state index contributed by atoms with van der Waals surface area (Å²) in [5.74, 6) is 0. The van der Waals surface area contributed by atoms with Crippen LogP contribution in [0.25, 0.3) is 10.9 Å². The van der Waals surface area contributed by atoms with Gasteiger partial charge < -0.3 is 10.5 Å². The van der Waals surface area contributed by atoms with Crippen molar-refractivity contribution in [3.8, 4) is 0 Å². The van der Waals surface area contributed by atoms with Gasteiger partial charge in [0.05, 0.1) is 17.2 Å². The van der Waals surface area contributed by atoms with Gasteiger partial charge in [0.15, 0.2) is 0 Å². The lowest BCUT2D eigenvalue weighted by molar-refractivity contribution is -0.0469. The Morgan fingerprint density at radius 3 is 2.68 bits per heavy atom. The fourth-order valence-electron chi connectivity index (χ4n) is 2.45. The summed E-state index contributed by atoms with van der Waals surface area (Å²) in [6.45, 7) is 6.84. The van der Waals surface area contributed by atoms with Gasteiger partial charge in [-0.15, -0.1) is 0 Å². The second kappa shape index (κ2) is 5.68. The molecular weight excluding hydrogens is 236 g/mol. The van der Waals surface area contributed by atoms with Crippen LogP contribution in [-0.2, 0) is 4.74 Å². The van der Waals surface area contributed by atoms with Crippen molar-refractivity contribution in [1.82, 2.24) is 4.98 Å². The fraction of sp³-hybridized carbons (Fsp3) is 0.438. The van der Waals surface area contributed by atoms with Crippen molar-refractivity contribution in [2.45, 2.75) is 38.8 Å². The molecule has 1 heterocycles. The number of aromatic nitrogens is 1. The summed E-state index contributed by atoms with van der Waals surface area (Å²) in [7, 11) is 0. The summed E-state index contributed by atoms with van der Waals surface area (Å²) in [6, 6.07) is 9.95. The molecule has 3 heteroatoms. The van der Waals surface area contributed by atoms with E-state index in [2.05, 4.69) is 31.0 Å². The Labute approximate surface area is 114 Å². The van der Waals surface area contributed by atoms with Crippen LogP contribution in [0.4, 0.5) is 0 Å². The van der Waals surface area contributed by atoms with E-state index in [0.717, 1.165) is 22.9 Å². The van der Waals surface area contributed by atoms with Crippen molar-refractivity contribution in [3.05, 3.63) is 42.1 Å². The zero-order valence-corrected chi connectivity index (χ0v) is 11.9. The highest BCUT2D eigenvalue weighted by molar-refractivity contribution is 5.82. The van der Waals surface area contributed by atoms with Gasteiger partial charge in [-0.2, -0.15) is 0 Å². The number of fused-ring (bicyclic) bond motifs is 1. The molecule has 2 unspecified atom stereocenters. The van der Waals surface area contributed by atoms with E-state index in [1.165, 1.54) is 0 Å². The van der Waals surface area contributed by atoms with Gasteiger partial charge in [0, 0.05) is 18.2 Å². The molecule has 0 bridgehead atoms. The lowest BCUT2D eigenvalue weighted by Crippen LogP contribution is -2.40. The van der Waals surface area contributed by atoms with E-state index in [-0.39, 0.29) is 11.6 Å². The lowest BCUT2D eigenvalue weighted by atomic mass is 9.87. The molecule has 0 aliphatic heterocycles. The van der Waals surface area contributed by atoms with Gasteiger partial charge in [0.1, 0.15) is 0 Å². The van der Waals surface area contributed by atoms with Gasteiger partial charge in [-0.3, -0.25) is 4.98 Å². The topological polar surface area (TPSA) is 48.1 Å². The van der Waals surface area contributed by atoms with Crippen LogP contribution >= 0.6 is 0 Å². The average Bonchev–Trinajstić information content (AvgIpc) is 2.46. The molecule has 19 heavy (non-hydrogen) atoms. The monoisotopic (exact) mass is 258 g/mol. The Hall–Kier alpha value is -1.45. The third-order valence-electron chi connectivity index (χ3n) is 3.83. The van der Waals surface area contributed by atoms with E-state index >= 15 is 0 Å². The zero-order chi connectivity index (χ0) is 13.9. The Kier molecular flexibility index (Phi) is 4.17. The summed E-state index contributed by atoms with van der Waals surface area (Å²) in [5, 5.41) is 1.12. The largest absolute Gasteiger partial charge is 0.374 e. The molecule has 2 rings (SSSR count). The zero-order valence-electron chi connectivity index (χ0n) is 11.9. The smallest absolute Gasteiger partial charge is 0.0844 e. The number of pyridine rings is 1. The Morgan fingerprint density at radius 2 is 2.00 bits per heavy atom. The second-order valence-corrected chi connectivity index (χ2v) is 5.00. The first-order valence-corrected chi connectivity index (χ1v) is 6.85. The van der Waals surface area contributed by atoms with E-state index in [1.807, 2.05) is 31.3 Å². The highest BCUT2D eigenvalue weighted by atomic mass is 16.5. The molecule has 2 atom stereocenters. The maximum atomic E-state index is 6.47. The first kappa shape index (κ1) is 14.0. The van der Waals surface area contributed by atoms with Crippen LogP contribution in [0.5, 0.6) is 0 Å². The van der Waals surface area contributed by atoms with Crippen LogP contribution < -0.4 is 5.73 Å². The molecule has 1 aromatic heterocycles. The molecule has 1 aromatic carbocycles. The van der Waals surface area contributed by atoms with Crippen molar-refractivity contribution in [2.24, 2.45) is 5.73 Å². The number of nitrogens with two attached hydrogens (primary N) is 1. The summed E-state index contributed by atoms with van der Waals surface area (Å²) in [6.07, 6.45) is 2.67. The van der Waals surface area contributed by atoms with Crippen molar-refractivity contribution in [2.75, 3.05) is 6.61 Å². The molecule has 2 aromatic rings. The predicted molar refractivity (Wildman–Crippen MR) is 79.0 cm³/mol. The van der Waals surface area contributed by atoms with Gasteiger partial charge in [0.25, 0.3) is 0 Å². The molecule has 0 aliphatic carbocycles. The Morgan fingerprint density at radius 1 is 1.26 bits per heavy atom. The summed E-state index contributed by atoms with van der Waals surface area (Å²) >= 11 is 0. The molecule has 0 saturated heterocycles. The third kappa shape index (κ3) is 2.62. The SMILES string of the molecule is CCOC(C)(CC)C(N)c1cccc2cccnc12. The molecule has 0 saturated carbocycles. The molecule has 3 nitrogen and oxygen atoms in total. The van der Waals surface area contributed by atoms with Gasteiger partial charge in [-0.05, 0) is 31.9 Å². The van der Waals surface area contributed by atoms with Crippen LogP contribution in [0.2, 0.25) is 0 Å². The second-order valence-electron chi connectivity index (χ2n) is 5.00. The van der Waals surface area contributed by atoms with Gasteiger partial charge in [-0.1, -0.05) is 31.2 Å². The standard InChI is InChI=1S/C16H22N2O/c1-4-16(3,19-5-2)15(17)13-10-6-8-12-9-7-11-18-14(12)13/h6-11,15H,4-5,17H2,1-3H3. The minimum absolute atomic E-state index is 0.184. The van der Waals surface area contributed by atoms with Crippen LogP contribution in [0.15, 0.2) is 36.5 Å². The minimum Gasteiger partial charge on any atom is -0.374 e. The quantitative estimate of drug-likeness (QED) is 0.893. The number of ether oxygens (including phenoxy) is 1. The van der Waals surface area contributed by atoms with E-state index in [0.29, 0.717) is 6.61 Å². The first-order chi connectivity index (χ1) is 9.12. The maximum absolute atomic E-state index is 6.47. The van der Waals surface area contributed by atoms with Gasteiger partial charge in [-0.25, -0.2) is 0 Å². The maximum Gasteiger partial charge on any atom is 0.0844 e. The summed E-state index contributed by atoms with van der Waals surface area (Å²) in [4.78, 5) is 4.47. The number of benzene rings is 1. The lowest BCUT2D eigenvalue weighted by Gasteiger charge is -2.35. The van der Waals surface area contributed by atoms with Crippen molar-refractivity contribution in [1.29, 1.82) is 0 Å². The highest BCUT2D eigenvalue weighted by Gasteiger charge is 2.32. The van der Waals surface area contributed by atoms with E-state index in [1.54, 1.807) is 0 Å². The highest BCUT2D eigenvalue weighted by Crippen LogP contribution is 2.33. The minimum atomic E-state index is -0.361. The number of hydrogen-bond acceptors (Lipinski definition) is 3. The number of hydrogen-bond donors (Lipinski definition) is 1. The Balaban J connectivity index is 2.49. The van der Waals surface area contributed by atoms with Crippen LogP contribution in [-0.4, -0.2) is 17.2 Å². The first-order valence-electron chi connectivity index (χ1n) is 6.85. The molecule has 102 valence electrons. The normalized spacial score (nSPS) is 16.2. The molecule has 0 spiro atoms. The van der Waals surface area contributed by atoms with Crippen molar-refractivity contribution < 1.29 is 4.74 Å². The van der Waals surface area contributed by atoms with Crippen LogP contribution in [0, 0.1) is 0 Å². The third-order valence-corrected chi connectivity index (χ3v) is 3.83. The van der Waals surface area contributed by atoms with E-state index in [4.69, 9.17) is 10.5 Å². The summed E-state index contributed by atoms with van der Waals surface area (Å²) in [5.41, 5.74) is 8.13. The van der Waals surface area contributed by atoms with Crippen molar-refractivity contribution in [3.63, 3.8) is 0 Å². The fourth-order valence-corrected chi connectivity index (χ4v) is 2.45. The number of rotatable bonds is 5. The number of para-hydroxylation sites is 1. The molecule has 0 fully saturated rings. The molecule has 2 N–H and O–H groups in total. The predicted octanol–water partition coefficient (Wildman–Crippen LogP) is 3.44. The van der Waals surface area contributed by atoms with E-state index < -0.39 is 0 Å². The van der Waals surface area contributed by atoms with Gasteiger partial charge in [0.2, 0.25) is 0 Å². The van der Waals surface area contributed by atoms with Crippen LogP contribution in [0.3, 0.4) is 0 Å². The average molecular weight is 258 g/mol. The van der Waals surface area contributed by atoms with Crippen molar-refractivity contribution >= 4 is 10.9 Å². The Bertz CT molecular complexity index is 550. The van der Waals surface area contributed by atoms with E-state index in [9.17, 15) is 0 Å². The molecular formula is C16H22N2O. The number of nitrogens with zero attached hydrogens (tertiary/aromatic N) is 1.